The van der Waals surface area contributed by atoms with E-state index < -0.39 is 10.0 Å². The summed E-state index contributed by atoms with van der Waals surface area (Å²) in [5.41, 5.74) is 2.59. The van der Waals surface area contributed by atoms with Crippen molar-refractivity contribution in [3.8, 4) is 0 Å². The van der Waals surface area contributed by atoms with Crippen LogP contribution >= 0.6 is 0 Å². The van der Waals surface area contributed by atoms with Gasteiger partial charge >= 0.3 is 0 Å². The van der Waals surface area contributed by atoms with Gasteiger partial charge in [-0.05, 0) is 32.3 Å². The summed E-state index contributed by atoms with van der Waals surface area (Å²) in [6.45, 7) is 6.64. The summed E-state index contributed by atoms with van der Waals surface area (Å²) in [6.07, 6.45) is 1.42. The fourth-order valence-corrected chi connectivity index (χ4v) is 4.55. The Balaban J connectivity index is 1.80. The zero-order valence-corrected chi connectivity index (χ0v) is 15.1. The Morgan fingerprint density at radius 3 is 2.65 bits per heavy atom. The number of aryl methyl sites for hydroxylation is 1. The van der Waals surface area contributed by atoms with Crippen LogP contribution in [-0.2, 0) is 21.3 Å². The van der Waals surface area contributed by atoms with Crippen LogP contribution in [0.25, 0.3) is 0 Å². The predicted molar refractivity (Wildman–Crippen MR) is 92.9 cm³/mol. The molecule has 0 unspecified atom stereocenters. The van der Waals surface area contributed by atoms with E-state index in [0.717, 1.165) is 32.5 Å². The van der Waals surface area contributed by atoms with E-state index in [1.54, 1.807) is 6.92 Å². The lowest BCUT2D eigenvalue weighted by atomic mass is 10.0. The Morgan fingerprint density at radius 1 is 1.35 bits per heavy atom. The molecule has 6 heteroatoms. The van der Waals surface area contributed by atoms with Gasteiger partial charge in [0.1, 0.15) is 0 Å². The van der Waals surface area contributed by atoms with Gasteiger partial charge in [0.25, 0.3) is 0 Å². The number of hydrogen-bond acceptors (Lipinski definition) is 4. The van der Waals surface area contributed by atoms with Crippen molar-refractivity contribution >= 4 is 10.0 Å². The molecule has 2 rings (SSSR count). The zero-order valence-electron chi connectivity index (χ0n) is 14.3. The number of rotatable bonds is 7. The average Bonchev–Trinajstić information content (AvgIpc) is 2.48. The van der Waals surface area contributed by atoms with Crippen LogP contribution < -0.4 is 4.72 Å². The van der Waals surface area contributed by atoms with E-state index in [9.17, 15) is 8.42 Å². The quantitative estimate of drug-likeness (QED) is 0.824. The number of sulfonamides is 1. The molecular weight excluding hydrogens is 312 g/mol. The molecule has 1 N–H and O–H groups in total. The molecule has 130 valence electrons. The molecule has 0 saturated carbocycles. The molecule has 1 aliphatic heterocycles. The highest BCUT2D eigenvalue weighted by atomic mass is 32.2. The maximum atomic E-state index is 12.1. The number of likely N-dealkylation sites (tertiary alicyclic amines) is 1. The van der Waals surface area contributed by atoms with Gasteiger partial charge in [-0.1, -0.05) is 29.8 Å². The number of hydrogen-bond donors (Lipinski definition) is 1. The van der Waals surface area contributed by atoms with Gasteiger partial charge in [0, 0.05) is 32.8 Å². The van der Waals surface area contributed by atoms with E-state index in [4.69, 9.17) is 4.74 Å². The van der Waals surface area contributed by atoms with Crippen LogP contribution in [0, 0.1) is 6.92 Å². The molecule has 0 aliphatic carbocycles. The van der Waals surface area contributed by atoms with Gasteiger partial charge in [0.05, 0.1) is 11.9 Å². The molecule has 23 heavy (non-hydrogen) atoms. The normalized spacial score (nSPS) is 18.9. The van der Waals surface area contributed by atoms with E-state index >= 15 is 0 Å². The molecule has 1 heterocycles. The molecule has 1 aliphatic rings. The molecule has 5 nitrogen and oxygen atoms in total. The number of piperidine rings is 1. The van der Waals surface area contributed by atoms with Crippen molar-refractivity contribution in [1.29, 1.82) is 0 Å². The van der Waals surface area contributed by atoms with Gasteiger partial charge < -0.3 is 4.74 Å². The van der Waals surface area contributed by atoms with Crippen molar-refractivity contribution in [1.82, 2.24) is 9.62 Å². The van der Waals surface area contributed by atoms with Crippen LogP contribution in [0.5, 0.6) is 0 Å². The Hall–Kier alpha value is -0.950. The van der Waals surface area contributed by atoms with Crippen molar-refractivity contribution in [3.63, 3.8) is 0 Å². The van der Waals surface area contributed by atoms with Gasteiger partial charge in [-0.2, -0.15) is 0 Å². The number of benzene rings is 1. The first-order valence-corrected chi connectivity index (χ1v) is 9.84. The third-order valence-electron chi connectivity index (χ3n) is 4.28. The van der Waals surface area contributed by atoms with Crippen molar-refractivity contribution in [3.05, 3.63) is 35.4 Å². The zero-order chi connectivity index (χ0) is 16.9. The minimum Gasteiger partial charge on any atom is -0.381 e. The Bertz CT molecular complexity index is 596. The molecule has 1 saturated heterocycles. The van der Waals surface area contributed by atoms with Gasteiger partial charge in [0.15, 0.2) is 0 Å². The smallest absolute Gasteiger partial charge is 0.214 e. The summed E-state index contributed by atoms with van der Waals surface area (Å²) in [7, 11) is -1.74. The van der Waals surface area contributed by atoms with E-state index in [1.165, 1.54) is 18.2 Å². The summed E-state index contributed by atoms with van der Waals surface area (Å²) in [6, 6.07) is 8.58. The van der Waals surface area contributed by atoms with Gasteiger partial charge in [-0.15, -0.1) is 0 Å². The molecule has 0 amide bonds. The second kappa shape index (κ2) is 8.24. The second-order valence-electron chi connectivity index (χ2n) is 6.49. The average molecular weight is 340 g/mol. The molecule has 0 radical (unpaired) electrons. The molecule has 0 aromatic heterocycles. The van der Waals surface area contributed by atoms with Gasteiger partial charge in [-0.25, -0.2) is 13.1 Å². The first-order valence-electron chi connectivity index (χ1n) is 8.18. The summed E-state index contributed by atoms with van der Waals surface area (Å²) < 4.78 is 32.0. The van der Waals surface area contributed by atoms with Crippen LogP contribution in [0.2, 0.25) is 0 Å². The monoisotopic (exact) mass is 340 g/mol. The standard InChI is InChI=1S/C17H28N2O3S/c1-14-5-4-6-16(11-14)12-19-9-7-17(8-10-19)18-23(20,21)13-15(2)22-3/h4-6,11,15,17-18H,7-10,12-13H2,1-3H3/t15-/m1/s1. The minimum absolute atomic E-state index is 0.0208. The first kappa shape index (κ1) is 18.4. The van der Waals surface area contributed by atoms with Crippen molar-refractivity contribution in [2.24, 2.45) is 0 Å². The highest BCUT2D eigenvalue weighted by Crippen LogP contribution is 2.15. The van der Waals surface area contributed by atoms with E-state index in [0.29, 0.717) is 0 Å². The number of ether oxygens (including phenoxy) is 1. The highest BCUT2D eigenvalue weighted by molar-refractivity contribution is 7.89. The SMILES string of the molecule is CO[C@H](C)CS(=O)(=O)NC1CCN(Cc2cccc(C)c2)CC1. The molecule has 1 fully saturated rings. The summed E-state index contributed by atoms with van der Waals surface area (Å²) in [4.78, 5) is 2.39. The van der Waals surface area contributed by atoms with Crippen LogP contribution in [0.4, 0.5) is 0 Å². The fourth-order valence-electron chi connectivity index (χ4n) is 2.96. The van der Waals surface area contributed by atoms with Crippen LogP contribution in [0.3, 0.4) is 0 Å². The predicted octanol–water partition coefficient (Wildman–Crippen LogP) is 1.91. The van der Waals surface area contributed by atoms with E-state index in [2.05, 4.69) is 40.8 Å². The van der Waals surface area contributed by atoms with Crippen molar-refractivity contribution < 1.29 is 13.2 Å². The first-order chi connectivity index (χ1) is 10.9. The lowest BCUT2D eigenvalue weighted by Crippen LogP contribution is -2.45. The largest absolute Gasteiger partial charge is 0.381 e. The van der Waals surface area contributed by atoms with Crippen LogP contribution in [0.1, 0.15) is 30.9 Å². The van der Waals surface area contributed by atoms with Gasteiger partial charge in [-0.3, -0.25) is 4.90 Å². The third kappa shape index (κ3) is 6.22. The molecule has 1 aromatic rings. The number of nitrogens with zero attached hydrogens (tertiary/aromatic N) is 1. The second-order valence-corrected chi connectivity index (χ2v) is 8.28. The Kier molecular flexibility index (Phi) is 6.59. The topological polar surface area (TPSA) is 58.6 Å². The number of methoxy groups -OCH3 is 1. The van der Waals surface area contributed by atoms with E-state index in [1.807, 2.05) is 0 Å². The van der Waals surface area contributed by atoms with Crippen molar-refractivity contribution in [2.75, 3.05) is 26.0 Å². The maximum Gasteiger partial charge on any atom is 0.214 e. The van der Waals surface area contributed by atoms with Gasteiger partial charge in [0.2, 0.25) is 10.0 Å². The lowest BCUT2D eigenvalue weighted by molar-refractivity contribution is 0.135. The third-order valence-corrected chi connectivity index (χ3v) is 5.88. The summed E-state index contributed by atoms with van der Waals surface area (Å²) >= 11 is 0. The van der Waals surface area contributed by atoms with E-state index in [-0.39, 0.29) is 17.9 Å². The van der Waals surface area contributed by atoms with Crippen molar-refractivity contribution in [2.45, 2.75) is 45.4 Å². The molecule has 0 spiro atoms. The minimum atomic E-state index is -3.27. The number of nitrogens with one attached hydrogen (secondary N) is 1. The maximum absolute atomic E-state index is 12.1. The molecular formula is C17H28N2O3S. The lowest BCUT2D eigenvalue weighted by Gasteiger charge is -2.32. The van der Waals surface area contributed by atoms with Crippen LogP contribution in [-0.4, -0.2) is 51.4 Å². The van der Waals surface area contributed by atoms with Crippen LogP contribution in [0.15, 0.2) is 24.3 Å². The summed E-state index contributed by atoms with van der Waals surface area (Å²) in [5, 5.41) is 0. The molecule has 1 atom stereocenters. The fraction of sp³-hybridized carbons (Fsp3) is 0.647. The summed E-state index contributed by atoms with van der Waals surface area (Å²) in [5.74, 6) is 0.0208. The molecule has 0 bridgehead atoms. The highest BCUT2D eigenvalue weighted by Gasteiger charge is 2.24. The Morgan fingerprint density at radius 2 is 2.04 bits per heavy atom. The molecule has 1 aromatic carbocycles. The Labute approximate surface area is 140 Å².